The number of hydrogen-bond acceptors (Lipinski definition) is 3. The molecule has 1 amide bonds. The lowest BCUT2D eigenvalue weighted by Gasteiger charge is -2.09. The second-order valence-electron chi connectivity index (χ2n) is 5.94. The van der Waals surface area contributed by atoms with Gasteiger partial charge in [0, 0.05) is 24.7 Å². The molecular weight excluding hydrogens is 312 g/mol. The fourth-order valence-corrected chi connectivity index (χ4v) is 2.57. The van der Waals surface area contributed by atoms with Crippen LogP contribution in [0.2, 0.25) is 0 Å². The number of aromatic nitrogens is 3. The molecule has 3 rings (SSSR count). The minimum Gasteiger partial charge on any atom is -0.319 e. The fraction of sp³-hybridized carbons (Fsp3) is 0.150. The Labute approximate surface area is 147 Å². The normalized spacial score (nSPS) is 11.0. The highest BCUT2D eigenvalue weighted by atomic mass is 16.1. The third kappa shape index (κ3) is 3.83. The maximum atomic E-state index is 12.3. The molecular formula is C20H20N4O. The van der Waals surface area contributed by atoms with Crippen molar-refractivity contribution in [3.05, 3.63) is 77.3 Å². The predicted octanol–water partition coefficient (Wildman–Crippen LogP) is 3.84. The van der Waals surface area contributed by atoms with Gasteiger partial charge >= 0.3 is 0 Å². The van der Waals surface area contributed by atoms with Crippen LogP contribution in [-0.4, -0.2) is 20.7 Å². The summed E-state index contributed by atoms with van der Waals surface area (Å²) in [6, 6.07) is 9.61. The molecule has 5 nitrogen and oxygen atoms in total. The van der Waals surface area contributed by atoms with Gasteiger partial charge in [0.25, 0.3) is 0 Å². The van der Waals surface area contributed by atoms with E-state index in [4.69, 9.17) is 0 Å². The van der Waals surface area contributed by atoms with E-state index >= 15 is 0 Å². The van der Waals surface area contributed by atoms with Crippen molar-refractivity contribution >= 4 is 17.7 Å². The van der Waals surface area contributed by atoms with Gasteiger partial charge in [0.1, 0.15) is 0 Å². The molecule has 126 valence electrons. The highest BCUT2D eigenvalue weighted by Crippen LogP contribution is 2.18. The first-order chi connectivity index (χ1) is 12.0. The van der Waals surface area contributed by atoms with Gasteiger partial charge in [-0.1, -0.05) is 12.1 Å². The van der Waals surface area contributed by atoms with Gasteiger partial charge in [-0.3, -0.25) is 4.79 Å². The van der Waals surface area contributed by atoms with Crippen molar-refractivity contribution < 1.29 is 4.79 Å². The molecule has 1 N–H and O–H groups in total. The standard InChI is InChI=1S/C20H20N4O/c1-14-12-16(3)17(13-15(14)2)7-8-19(25)23-18-6-4-9-21-20(18)24-11-5-10-22-24/h4-13H,1-3H3,(H,23,25)/b8-7+. The molecule has 0 aliphatic rings. The number of aryl methyl sites for hydroxylation is 3. The summed E-state index contributed by atoms with van der Waals surface area (Å²) in [6.45, 7) is 6.20. The van der Waals surface area contributed by atoms with Gasteiger partial charge in [-0.25, -0.2) is 9.67 Å². The molecule has 0 aliphatic heterocycles. The van der Waals surface area contributed by atoms with Gasteiger partial charge in [0.05, 0.1) is 5.69 Å². The highest BCUT2D eigenvalue weighted by Gasteiger charge is 2.08. The number of hydrogen-bond donors (Lipinski definition) is 1. The van der Waals surface area contributed by atoms with Crippen LogP contribution < -0.4 is 5.32 Å². The number of carbonyl (C=O) groups excluding carboxylic acids is 1. The molecule has 0 atom stereocenters. The van der Waals surface area contributed by atoms with E-state index in [1.54, 1.807) is 35.4 Å². The van der Waals surface area contributed by atoms with Gasteiger partial charge in [-0.05, 0) is 67.3 Å². The smallest absolute Gasteiger partial charge is 0.248 e. The third-order valence-electron chi connectivity index (χ3n) is 4.06. The molecule has 2 aromatic heterocycles. The van der Waals surface area contributed by atoms with Crippen LogP contribution in [-0.2, 0) is 4.79 Å². The average Bonchev–Trinajstić information content (AvgIpc) is 3.12. The van der Waals surface area contributed by atoms with E-state index in [1.807, 2.05) is 19.1 Å². The number of nitrogens with zero attached hydrogens (tertiary/aromatic N) is 3. The molecule has 0 bridgehead atoms. The number of benzene rings is 1. The van der Waals surface area contributed by atoms with E-state index in [0.29, 0.717) is 11.5 Å². The van der Waals surface area contributed by atoms with E-state index in [0.717, 1.165) is 11.1 Å². The van der Waals surface area contributed by atoms with Crippen LogP contribution in [0.15, 0.2) is 55.0 Å². The van der Waals surface area contributed by atoms with Crippen molar-refractivity contribution in [2.45, 2.75) is 20.8 Å². The van der Waals surface area contributed by atoms with Crippen LogP contribution in [0, 0.1) is 20.8 Å². The van der Waals surface area contributed by atoms with Crippen LogP contribution in [0.1, 0.15) is 22.3 Å². The fourth-order valence-electron chi connectivity index (χ4n) is 2.57. The van der Waals surface area contributed by atoms with Crippen molar-refractivity contribution in [1.82, 2.24) is 14.8 Å². The van der Waals surface area contributed by atoms with E-state index in [-0.39, 0.29) is 5.91 Å². The van der Waals surface area contributed by atoms with Crippen molar-refractivity contribution in [3.8, 4) is 5.82 Å². The van der Waals surface area contributed by atoms with Gasteiger partial charge in [0.2, 0.25) is 5.91 Å². The Hall–Kier alpha value is -3.21. The van der Waals surface area contributed by atoms with Crippen molar-refractivity contribution in [2.75, 3.05) is 5.32 Å². The first kappa shape index (κ1) is 16.6. The van der Waals surface area contributed by atoms with Gasteiger partial charge in [-0.15, -0.1) is 0 Å². The van der Waals surface area contributed by atoms with Gasteiger partial charge < -0.3 is 5.32 Å². The van der Waals surface area contributed by atoms with Crippen LogP contribution in [0.25, 0.3) is 11.9 Å². The summed E-state index contributed by atoms with van der Waals surface area (Å²) in [7, 11) is 0. The minimum absolute atomic E-state index is 0.209. The average molecular weight is 332 g/mol. The zero-order chi connectivity index (χ0) is 17.8. The number of nitrogens with one attached hydrogen (secondary N) is 1. The lowest BCUT2D eigenvalue weighted by Crippen LogP contribution is -2.12. The molecule has 5 heteroatoms. The summed E-state index contributed by atoms with van der Waals surface area (Å²) in [5.41, 5.74) is 5.25. The molecule has 0 fully saturated rings. The van der Waals surface area contributed by atoms with Gasteiger partial charge in [-0.2, -0.15) is 5.10 Å². The van der Waals surface area contributed by atoms with Crippen molar-refractivity contribution in [1.29, 1.82) is 0 Å². The lowest BCUT2D eigenvalue weighted by molar-refractivity contribution is -0.111. The summed E-state index contributed by atoms with van der Waals surface area (Å²) in [5, 5.41) is 7.03. The highest BCUT2D eigenvalue weighted by molar-refractivity contribution is 6.02. The number of anilines is 1. The maximum absolute atomic E-state index is 12.3. The Kier molecular flexibility index (Phi) is 4.75. The topological polar surface area (TPSA) is 59.8 Å². The summed E-state index contributed by atoms with van der Waals surface area (Å²) >= 11 is 0. The Morgan fingerprint density at radius 2 is 1.88 bits per heavy atom. The first-order valence-corrected chi connectivity index (χ1v) is 8.06. The van der Waals surface area contributed by atoms with E-state index in [9.17, 15) is 4.79 Å². The Morgan fingerprint density at radius 3 is 2.64 bits per heavy atom. The SMILES string of the molecule is Cc1cc(C)c(/C=C/C(=O)Nc2cccnc2-n2cccn2)cc1C. The number of rotatable bonds is 4. The molecule has 0 saturated heterocycles. The van der Waals surface area contributed by atoms with Crippen LogP contribution in [0.5, 0.6) is 0 Å². The summed E-state index contributed by atoms with van der Waals surface area (Å²) in [6.07, 6.45) is 8.49. The molecule has 3 aromatic rings. The Bertz CT molecular complexity index is 927. The molecule has 25 heavy (non-hydrogen) atoms. The number of carbonyl (C=O) groups is 1. The molecule has 1 aromatic carbocycles. The second-order valence-corrected chi connectivity index (χ2v) is 5.94. The van der Waals surface area contributed by atoms with Crippen LogP contribution >= 0.6 is 0 Å². The van der Waals surface area contributed by atoms with E-state index < -0.39 is 0 Å². The van der Waals surface area contributed by atoms with Crippen LogP contribution in [0.4, 0.5) is 5.69 Å². The Morgan fingerprint density at radius 1 is 1.08 bits per heavy atom. The monoisotopic (exact) mass is 332 g/mol. The number of amides is 1. The first-order valence-electron chi connectivity index (χ1n) is 8.06. The maximum Gasteiger partial charge on any atom is 0.248 e. The largest absolute Gasteiger partial charge is 0.319 e. The molecule has 0 spiro atoms. The summed E-state index contributed by atoms with van der Waals surface area (Å²) in [4.78, 5) is 16.6. The molecule has 0 radical (unpaired) electrons. The quantitative estimate of drug-likeness (QED) is 0.738. The van der Waals surface area contributed by atoms with Crippen molar-refractivity contribution in [2.24, 2.45) is 0 Å². The number of pyridine rings is 1. The zero-order valence-electron chi connectivity index (χ0n) is 14.5. The third-order valence-corrected chi connectivity index (χ3v) is 4.06. The van der Waals surface area contributed by atoms with E-state index in [2.05, 4.69) is 41.4 Å². The van der Waals surface area contributed by atoms with Crippen LogP contribution in [0.3, 0.4) is 0 Å². The zero-order valence-corrected chi connectivity index (χ0v) is 14.5. The predicted molar refractivity (Wildman–Crippen MR) is 99.7 cm³/mol. The lowest BCUT2D eigenvalue weighted by atomic mass is 10.0. The van der Waals surface area contributed by atoms with Gasteiger partial charge in [0.15, 0.2) is 5.82 Å². The molecule has 0 aliphatic carbocycles. The summed E-state index contributed by atoms with van der Waals surface area (Å²) in [5.74, 6) is 0.371. The van der Waals surface area contributed by atoms with E-state index in [1.165, 1.54) is 17.2 Å². The molecule has 0 saturated carbocycles. The summed E-state index contributed by atoms with van der Waals surface area (Å²) < 4.78 is 1.62. The minimum atomic E-state index is -0.209. The second kappa shape index (κ2) is 7.13. The Balaban J connectivity index is 1.79. The van der Waals surface area contributed by atoms with Crippen molar-refractivity contribution in [3.63, 3.8) is 0 Å². The molecule has 0 unspecified atom stereocenters. The molecule has 2 heterocycles.